The molecule has 2 aromatic heterocycles. The molecule has 0 spiro atoms. The molecule has 0 saturated heterocycles. The number of furan rings is 2. The van der Waals surface area contributed by atoms with Crippen molar-refractivity contribution in [3.8, 4) is 22.6 Å². The SMILES string of the molecule is Cc1cc(NC(=O)c2ccc(-c3ccccc3[N+](=O)[O-])o2)ccc1-c1ccc(CO)o1. The van der Waals surface area contributed by atoms with E-state index in [9.17, 15) is 14.9 Å². The number of nitro groups is 1. The van der Waals surface area contributed by atoms with Crippen LogP contribution in [-0.4, -0.2) is 15.9 Å². The summed E-state index contributed by atoms with van der Waals surface area (Å²) in [5.74, 6) is 0.895. The van der Waals surface area contributed by atoms with Crippen LogP contribution in [-0.2, 0) is 6.61 Å². The molecule has 4 rings (SSSR count). The van der Waals surface area contributed by atoms with Gasteiger partial charge in [0.1, 0.15) is 23.9 Å². The molecule has 8 heteroatoms. The molecular formula is C23H18N2O6. The van der Waals surface area contributed by atoms with Crippen LogP contribution < -0.4 is 5.32 Å². The van der Waals surface area contributed by atoms with Crippen molar-refractivity contribution in [3.05, 3.63) is 93.9 Å². The van der Waals surface area contributed by atoms with Gasteiger partial charge in [0.25, 0.3) is 11.6 Å². The van der Waals surface area contributed by atoms with E-state index in [-0.39, 0.29) is 23.8 Å². The molecule has 0 saturated carbocycles. The van der Waals surface area contributed by atoms with Crippen LogP contribution in [0.5, 0.6) is 0 Å². The topological polar surface area (TPSA) is 119 Å². The third kappa shape index (κ3) is 4.10. The third-order valence-corrected chi connectivity index (χ3v) is 4.76. The molecule has 0 atom stereocenters. The van der Waals surface area contributed by atoms with Crippen molar-refractivity contribution < 1.29 is 23.7 Å². The lowest BCUT2D eigenvalue weighted by molar-refractivity contribution is -0.384. The number of aliphatic hydroxyl groups excluding tert-OH is 1. The summed E-state index contributed by atoms with van der Waals surface area (Å²) in [6, 6.07) is 18.0. The number of benzene rings is 2. The second kappa shape index (κ2) is 8.29. The van der Waals surface area contributed by atoms with Gasteiger partial charge in [0.2, 0.25) is 0 Å². The molecule has 0 bridgehead atoms. The maximum Gasteiger partial charge on any atom is 0.291 e. The van der Waals surface area contributed by atoms with Gasteiger partial charge in [-0.3, -0.25) is 14.9 Å². The molecule has 0 unspecified atom stereocenters. The van der Waals surface area contributed by atoms with Gasteiger partial charge >= 0.3 is 0 Å². The highest BCUT2D eigenvalue weighted by Gasteiger charge is 2.19. The van der Waals surface area contributed by atoms with Crippen molar-refractivity contribution in [1.82, 2.24) is 0 Å². The van der Waals surface area contributed by atoms with Crippen LogP contribution in [0.15, 0.2) is 75.6 Å². The molecule has 156 valence electrons. The highest BCUT2D eigenvalue weighted by Crippen LogP contribution is 2.31. The van der Waals surface area contributed by atoms with Crippen molar-refractivity contribution in [1.29, 1.82) is 0 Å². The summed E-state index contributed by atoms with van der Waals surface area (Å²) in [6.07, 6.45) is 0. The molecular weight excluding hydrogens is 400 g/mol. The molecule has 1 amide bonds. The number of nitrogens with zero attached hydrogens (tertiary/aromatic N) is 1. The van der Waals surface area contributed by atoms with E-state index in [1.54, 1.807) is 42.5 Å². The summed E-state index contributed by atoms with van der Waals surface area (Å²) in [5, 5.41) is 23.1. The summed E-state index contributed by atoms with van der Waals surface area (Å²) < 4.78 is 11.1. The Morgan fingerprint density at radius 3 is 2.45 bits per heavy atom. The summed E-state index contributed by atoms with van der Waals surface area (Å²) in [4.78, 5) is 23.3. The quantitative estimate of drug-likeness (QED) is 0.329. The Labute approximate surface area is 176 Å². The molecule has 31 heavy (non-hydrogen) atoms. The fourth-order valence-corrected chi connectivity index (χ4v) is 3.26. The van der Waals surface area contributed by atoms with Crippen molar-refractivity contribution >= 4 is 17.3 Å². The molecule has 0 aliphatic heterocycles. The lowest BCUT2D eigenvalue weighted by atomic mass is 10.1. The number of carbonyl (C=O) groups excluding carboxylic acids is 1. The van der Waals surface area contributed by atoms with Gasteiger partial charge in [-0.1, -0.05) is 12.1 Å². The van der Waals surface area contributed by atoms with Crippen LogP contribution in [0.25, 0.3) is 22.6 Å². The fourth-order valence-electron chi connectivity index (χ4n) is 3.26. The molecule has 2 heterocycles. The second-order valence-corrected chi connectivity index (χ2v) is 6.85. The van der Waals surface area contributed by atoms with Crippen molar-refractivity contribution in [2.45, 2.75) is 13.5 Å². The molecule has 8 nitrogen and oxygen atoms in total. The predicted molar refractivity (Wildman–Crippen MR) is 114 cm³/mol. The average molecular weight is 418 g/mol. The number of anilines is 1. The van der Waals surface area contributed by atoms with Gasteiger partial charge in [0, 0.05) is 17.3 Å². The van der Waals surface area contributed by atoms with Gasteiger partial charge in [-0.15, -0.1) is 0 Å². The van der Waals surface area contributed by atoms with Gasteiger partial charge in [0.05, 0.1) is 10.5 Å². The molecule has 0 aliphatic rings. The Bertz CT molecular complexity index is 1270. The zero-order valence-corrected chi connectivity index (χ0v) is 16.5. The average Bonchev–Trinajstić information content (AvgIpc) is 3.44. The number of para-hydroxylation sites is 1. The van der Waals surface area contributed by atoms with Gasteiger partial charge in [-0.25, -0.2) is 0 Å². The number of nitrogens with one attached hydrogen (secondary N) is 1. The first-order valence-electron chi connectivity index (χ1n) is 9.42. The lowest BCUT2D eigenvalue weighted by Gasteiger charge is -2.08. The van der Waals surface area contributed by atoms with Gasteiger partial charge in [-0.05, 0) is 61.0 Å². The number of hydrogen-bond donors (Lipinski definition) is 2. The van der Waals surface area contributed by atoms with E-state index in [0.717, 1.165) is 11.1 Å². The Morgan fingerprint density at radius 1 is 1.00 bits per heavy atom. The van der Waals surface area contributed by atoms with E-state index in [0.29, 0.717) is 22.8 Å². The second-order valence-electron chi connectivity index (χ2n) is 6.85. The minimum atomic E-state index is -0.496. The van der Waals surface area contributed by atoms with Crippen LogP contribution >= 0.6 is 0 Å². The van der Waals surface area contributed by atoms with Crippen LogP contribution in [0.3, 0.4) is 0 Å². The zero-order chi connectivity index (χ0) is 22.0. The molecule has 2 aromatic carbocycles. The predicted octanol–water partition coefficient (Wildman–Crippen LogP) is 5.17. The van der Waals surface area contributed by atoms with Gasteiger partial charge in [0.15, 0.2) is 5.76 Å². The number of nitro benzene ring substituents is 1. The number of aryl methyl sites for hydroxylation is 1. The summed E-state index contributed by atoms with van der Waals surface area (Å²) in [6.45, 7) is 1.70. The first kappa shape index (κ1) is 20.1. The van der Waals surface area contributed by atoms with E-state index in [4.69, 9.17) is 13.9 Å². The molecule has 2 N–H and O–H groups in total. The largest absolute Gasteiger partial charge is 0.459 e. The highest BCUT2D eigenvalue weighted by molar-refractivity contribution is 6.02. The maximum absolute atomic E-state index is 12.6. The first-order chi connectivity index (χ1) is 15.0. The zero-order valence-electron chi connectivity index (χ0n) is 16.5. The van der Waals surface area contributed by atoms with Crippen LogP contribution in [0.1, 0.15) is 21.9 Å². The molecule has 4 aromatic rings. The standard InChI is InChI=1S/C23H18N2O6/c1-14-12-15(6-8-17(14)20-9-7-16(13-26)30-20)24-23(27)22-11-10-21(31-22)18-4-2-3-5-19(18)25(28)29/h2-12,26H,13H2,1H3,(H,24,27). The van der Waals surface area contributed by atoms with Crippen molar-refractivity contribution in [2.75, 3.05) is 5.32 Å². The number of carbonyl (C=O) groups is 1. The fraction of sp³-hybridized carbons (Fsp3) is 0.0870. The van der Waals surface area contributed by atoms with Crippen LogP contribution in [0, 0.1) is 17.0 Å². The monoisotopic (exact) mass is 418 g/mol. The van der Waals surface area contributed by atoms with E-state index >= 15 is 0 Å². The number of rotatable bonds is 6. The van der Waals surface area contributed by atoms with E-state index < -0.39 is 10.8 Å². The minimum absolute atomic E-state index is 0.0357. The number of hydrogen-bond acceptors (Lipinski definition) is 6. The molecule has 0 fully saturated rings. The molecule has 0 aliphatic carbocycles. The summed E-state index contributed by atoms with van der Waals surface area (Å²) in [5.41, 5.74) is 2.47. The van der Waals surface area contributed by atoms with Crippen molar-refractivity contribution in [2.24, 2.45) is 0 Å². The Hall–Kier alpha value is -4.17. The van der Waals surface area contributed by atoms with Crippen LogP contribution in [0.2, 0.25) is 0 Å². The van der Waals surface area contributed by atoms with Crippen LogP contribution in [0.4, 0.5) is 11.4 Å². The third-order valence-electron chi connectivity index (χ3n) is 4.76. The Balaban J connectivity index is 1.53. The van der Waals surface area contributed by atoms with E-state index in [1.165, 1.54) is 18.2 Å². The normalized spacial score (nSPS) is 10.8. The smallest absolute Gasteiger partial charge is 0.291 e. The minimum Gasteiger partial charge on any atom is -0.459 e. The Morgan fingerprint density at radius 2 is 1.74 bits per heavy atom. The maximum atomic E-state index is 12.6. The summed E-state index contributed by atoms with van der Waals surface area (Å²) >= 11 is 0. The van der Waals surface area contributed by atoms with Gasteiger partial charge in [-0.2, -0.15) is 0 Å². The molecule has 0 radical (unpaired) electrons. The van der Waals surface area contributed by atoms with E-state index in [2.05, 4.69) is 5.32 Å². The van der Waals surface area contributed by atoms with Gasteiger partial charge < -0.3 is 19.3 Å². The van der Waals surface area contributed by atoms with E-state index in [1.807, 2.05) is 13.0 Å². The lowest BCUT2D eigenvalue weighted by Crippen LogP contribution is -2.10. The van der Waals surface area contributed by atoms with Crippen molar-refractivity contribution in [3.63, 3.8) is 0 Å². The Kier molecular flexibility index (Phi) is 5.38. The number of aliphatic hydroxyl groups is 1. The first-order valence-corrected chi connectivity index (χ1v) is 9.42. The number of amides is 1. The highest BCUT2D eigenvalue weighted by atomic mass is 16.6. The summed E-state index contributed by atoms with van der Waals surface area (Å²) in [7, 11) is 0.